The van der Waals surface area contributed by atoms with E-state index in [4.69, 9.17) is 4.74 Å². The van der Waals surface area contributed by atoms with Gasteiger partial charge < -0.3 is 9.84 Å². The Kier molecular flexibility index (Phi) is 5.93. The van der Waals surface area contributed by atoms with Crippen molar-refractivity contribution >= 4 is 34.8 Å². The number of nitrogens with one attached hydrogen (secondary N) is 1. The van der Waals surface area contributed by atoms with Gasteiger partial charge >= 0.3 is 0 Å². The minimum atomic E-state index is -0.208. The van der Waals surface area contributed by atoms with Crippen LogP contribution in [0.25, 0.3) is 10.9 Å². The van der Waals surface area contributed by atoms with Crippen LogP contribution in [-0.2, 0) is 4.79 Å². The van der Waals surface area contributed by atoms with Crippen molar-refractivity contribution in [3.8, 4) is 11.5 Å². The number of carbonyl (C=O) groups excluding carboxylic acids is 1. The largest absolute Gasteiger partial charge is 0.504 e. The summed E-state index contributed by atoms with van der Waals surface area (Å²) >= 11 is 1.45. The highest BCUT2D eigenvalue weighted by molar-refractivity contribution is 8.00. The van der Waals surface area contributed by atoms with Crippen LogP contribution < -0.4 is 10.2 Å². The van der Waals surface area contributed by atoms with E-state index in [1.807, 2.05) is 37.3 Å². The van der Waals surface area contributed by atoms with Crippen LogP contribution in [0.4, 0.5) is 0 Å². The summed E-state index contributed by atoms with van der Waals surface area (Å²) in [6.07, 6.45) is 1.50. The van der Waals surface area contributed by atoms with E-state index < -0.39 is 0 Å². The molecule has 0 saturated carbocycles. The molecule has 1 heterocycles. The SMILES string of the molecule is COc1cc(/C=N/NC(=O)CSc2cc(C)nc3ccccc23)ccc1O. The highest BCUT2D eigenvalue weighted by Gasteiger charge is 2.07. The molecule has 0 saturated heterocycles. The lowest BCUT2D eigenvalue weighted by Gasteiger charge is -2.07. The maximum Gasteiger partial charge on any atom is 0.250 e. The number of ether oxygens (including phenoxy) is 1. The molecule has 7 heteroatoms. The number of aryl methyl sites for hydroxylation is 1. The number of carbonyl (C=O) groups is 1. The summed E-state index contributed by atoms with van der Waals surface area (Å²) in [7, 11) is 1.47. The minimum absolute atomic E-state index is 0.0509. The van der Waals surface area contributed by atoms with Crippen molar-refractivity contribution in [3.63, 3.8) is 0 Å². The predicted octanol–water partition coefficient (Wildman–Crippen LogP) is 3.50. The molecule has 3 aromatic rings. The molecule has 0 radical (unpaired) electrons. The lowest BCUT2D eigenvalue weighted by Crippen LogP contribution is -2.19. The smallest absolute Gasteiger partial charge is 0.250 e. The standard InChI is InChI=1S/C20H19N3O3S/c1-13-9-19(15-5-3-4-6-16(15)22-13)27-12-20(25)23-21-11-14-7-8-17(24)18(10-14)26-2/h3-11,24H,12H2,1-2H3,(H,23,25)/b21-11+. The Balaban J connectivity index is 1.61. The van der Waals surface area contributed by atoms with Crippen molar-refractivity contribution in [2.75, 3.05) is 12.9 Å². The number of thioether (sulfide) groups is 1. The summed E-state index contributed by atoms with van der Waals surface area (Å²) in [5.74, 6) is 0.431. The molecule has 1 amide bonds. The Bertz CT molecular complexity index is 1000. The molecule has 0 bridgehead atoms. The summed E-state index contributed by atoms with van der Waals surface area (Å²) in [6.45, 7) is 1.94. The van der Waals surface area contributed by atoms with Crippen LogP contribution in [0.2, 0.25) is 0 Å². The average Bonchev–Trinajstić information content (AvgIpc) is 2.67. The first-order valence-electron chi connectivity index (χ1n) is 8.25. The van der Waals surface area contributed by atoms with Crippen molar-refractivity contribution in [2.24, 2.45) is 5.10 Å². The second kappa shape index (κ2) is 8.55. The first kappa shape index (κ1) is 18.7. The molecule has 0 aliphatic carbocycles. The van der Waals surface area contributed by atoms with Crippen LogP contribution in [0.1, 0.15) is 11.3 Å². The fourth-order valence-corrected chi connectivity index (χ4v) is 3.45. The maximum absolute atomic E-state index is 12.1. The average molecular weight is 381 g/mol. The van der Waals surface area contributed by atoms with Gasteiger partial charge in [-0.15, -0.1) is 11.8 Å². The summed E-state index contributed by atoms with van der Waals surface area (Å²) in [5, 5.41) is 14.6. The number of aromatic hydroxyl groups is 1. The van der Waals surface area contributed by atoms with Gasteiger partial charge in [0.25, 0.3) is 0 Å². The van der Waals surface area contributed by atoms with E-state index in [1.165, 1.54) is 31.2 Å². The van der Waals surface area contributed by atoms with Gasteiger partial charge in [-0.25, -0.2) is 5.43 Å². The topological polar surface area (TPSA) is 83.8 Å². The summed E-state index contributed by atoms with van der Waals surface area (Å²) in [6, 6.07) is 14.7. The zero-order valence-corrected chi connectivity index (χ0v) is 15.8. The Morgan fingerprint density at radius 1 is 1.30 bits per heavy atom. The van der Waals surface area contributed by atoms with E-state index >= 15 is 0 Å². The Hall–Kier alpha value is -3.06. The number of phenolic OH excluding ortho intramolecular Hbond substituents is 1. The number of nitrogens with zero attached hydrogens (tertiary/aromatic N) is 2. The van der Waals surface area contributed by atoms with E-state index in [0.717, 1.165) is 21.5 Å². The molecule has 0 unspecified atom stereocenters. The van der Waals surface area contributed by atoms with E-state index in [2.05, 4.69) is 15.5 Å². The van der Waals surface area contributed by atoms with E-state index in [1.54, 1.807) is 12.1 Å². The Labute approximate surface area is 161 Å². The van der Waals surface area contributed by atoms with Crippen LogP contribution in [0.5, 0.6) is 11.5 Å². The van der Waals surface area contributed by atoms with Gasteiger partial charge in [-0.1, -0.05) is 18.2 Å². The first-order chi connectivity index (χ1) is 13.1. The van der Waals surface area contributed by atoms with Crippen LogP contribution in [-0.4, -0.2) is 35.1 Å². The molecule has 2 aromatic carbocycles. The van der Waals surface area contributed by atoms with Crippen LogP contribution in [0.15, 0.2) is 58.5 Å². The third-order valence-electron chi connectivity index (χ3n) is 3.77. The molecule has 0 fully saturated rings. The third-order valence-corrected chi connectivity index (χ3v) is 4.83. The van der Waals surface area contributed by atoms with Crippen LogP contribution in [0, 0.1) is 6.92 Å². The minimum Gasteiger partial charge on any atom is -0.504 e. The van der Waals surface area contributed by atoms with Crippen molar-refractivity contribution in [3.05, 3.63) is 59.8 Å². The van der Waals surface area contributed by atoms with Gasteiger partial charge in [0.2, 0.25) is 5.91 Å². The van der Waals surface area contributed by atoms with E-state index in [0.29, 0.717) is 11.3 Å². The molecular weight excluding hydrogens is 362 g/mol. The number of rotatable bonds is 6. The normalized spacial score (nSPS) is 11.0. The predicted molar refractivity (Wildman–Crippen MR) is 108 cm³/mol. The monoisotopic (exact) mass is 381 g/mol. The van der Waals surface area contributed by atoms with E-state index in [-0.39, 0.29) is 17.4 Å². The quantitative estimate of drug-likeness (QED) is 0.388. The second-order valence-corrected chi connectivity index (χ2v) is 6.81. The van der Waals surface area contributed by atoms with Gasteiger partial charge in [-0.2, -0.15) is 5.10 Å². The molecule has 27 heavy (non-hydrogen) atoms. The van der Waals surface area contributed by atoms with Crippen molar-refractivity contribution in [1.82, 2.24) is 10.4 Å². The van der Waals surface area contributed by atoms with Crippen molar-refractivity contribution < 1.29 is 14.6 Å². The van der Waals surface area contributed by atoms with Gasteiger partial charge in [0, 0.05) is 16.0 Å². The highest BCUT2D eigenvalue weighted by Crippen LogP contribution is 2.28. The first-order valence-corrected chi connectivity index (χ1v) is 9.23. The third kappa shape index (κ3) is 4.77. The van der Waals surface area contributed by atoms with Crippen LogP contribution in [0.3, 0.4) is 0 Å². The van der Waals surface area contributed by atoms with E-state index in [9.17, 15) is 9.90 Å². The fourth-order valence-electron chi connectivity index (χ4n) is 2.52. The number of fused-ring (bicyclic) bond motifs is 1. The van der Waals surface area contributed by atoms with Gasteiger partial charge in [-0.3, -0.25) is 9.78 Å². The van der Waals surface area contributed by atoms with Gasteiger partial charge in [0.05, 0.1) is 24.6 Å². The summed E-state index contributed by atoms with van der Waals surface area (Å²) < 4.78 is 5.04. The molecule has 0 aliphatic rings. The Morgan fingerprint density at radius 2 is 2.11 bits per heavy atom. The maximum atomic E-state index is 12.1. The number of pyridine rings is 1. The molecule has 2 N–H and O–H groups in total. The number of methoxy groups -OCH3 is 1. The molecule has 6 nitrogen and oxygen atoms in total. The molecule has 0 atom stereocenters. The molecule has 0 spiro atoms. The molecule has 0 aliphatic heterocycles. The number of aromatic nitrogens is 1. The number of phenols is 1. The highest BCUT2D eigenvalue weighted by atomic mass is 32.2. The van der Waals surface area contributed by atoms with Crippen molar-refractivity contribution in [2.45, 2.75) is 11.8 Å². The molecule has 3 rings (SSSR count). The zero-order chi connectivity index (χ0) is 19.2. The summed E-state index contributed by atoms with van der Waals surface area (Å²) in [5.41, 5.74) is 5.04. The molecular formula is C20H19N3O3S. The number of amides is 1. The summed E-state index contributed by atoms with van der Waals surface area (Å²) in [4.78, 5) is 17.6. The number of benzene rings is 2. The van der Waals surface area contributed by atoms with Gasteiger partial charge in [-0.05, 0) is 42.8 Å². The number of hydrogen-bond donors (Lipinski definition) is 2. The number of para-hydroxylation sites is 1. The van der Waals surface area contributed by atoms with Crippen LogP contribution >= 0.6 is 11.8 Å². The lowest BCUT2D eigenvalue weighted by atomic mass is 10.2. The van der Waals surface area contributed by atoms with Gasteiger partial charge in [0.1, 0.15) is 0 Å². The zero-order valence-electron chi connectivity index (χ0n) is 15.0. The second-order valence-electron chi connectivity index (χ2n) is 5.79. The fraction of sp³-hybridized carbons (Fsp3) is 0.150. The van der Waals surface area contributed by atoms with Crippen molar-refractivity contribution in [1.29, 1.82) is 0 Å². The Morgan fingerprint density at radius 3 is 2.93 bits per heavy atom. The van der Waals surface area contributed by atoms with Gasteiger partial charge in [0.15, 0.2) is 11.5 Å². The molecule has 138 valence electrons. The number of hydrazone groups is 1. The molecule has 1 aromatic heterocycles. The number of hydrogen-bond acceptors (Lipinski definition) is 6. The lowest BCUT2D eigenvalue weighted by molar-refractivity contribution is -0.118.